The van der Waals surface area contributed by atoms with Gasteiger partial charge < -0.3 is 14.6 Å². The first-order chi connectivity index (χ1) is 14.0. The van der Waals surface area contributed by atoms with Crippen molar-refractivity contribution in [1.29, 1.82) is 0 Å². The maximum atomic E-state index is 11.3. The number of benzene rings is 1. The van der Waals surface area contributed by atoms with E-state index in [1.54, 1.807) is 0 Å². The Balaban J connectivity index is 1.46. The van der Waals surface area contributed by atoms with Crippen LogP contribution in [0.2, 0.25) is 0 Å². The van der Waals surface area contributed by atoms with Crippen molar-refractivity contribution >= 4 is 16.9 Å². The van der Waals surface area contributed by atoms with Crippen LogP contribution in [-0.2, 0) is 18.4 Å². The van der Waals surface area contributed by atoms with E-state index in [0.717, 1.165) is 58.7 Å². The Morgan fingerprint density at radius 3 is 2.66 bits per heavy atom. The predicted molar refractivity (Wildman–Crippen MR) is 116 cm³/mol. The molecule has 0 bridgehead atoms. The summed E-state index contributed by atoms with van der Waals surface area (Å²) in [6.45, 7) is 7.46. The molecular weight excluding hydrogens is 364 g/mol. The van der Waals surface area contributed by atoms with E-state index in [9.17, 15) is 9.90 Å². The highest BCUT2D eigenvalue weighted by atomic mass is 16.4. The van der Waals surface area contributed by atoms with Crippen molar-refractivity contribution in [1.82, 2.24) is 19.3 Å². The third-order valence-electron chi connectivity index (χ3n) is 6.93. The number of rotatable bonds is 6. The molecule has 29 heavy (non-hydrogen) atoms. The van der Waals surface area contributed by atoms with Gasteiger partial charge in [-0.1, -0.05) is 12.1 Å². The minimum atomic E-state index is -0.673. The molecule has 2 aromatic rings. The predicted octanol–water partition coefficient (Wildman–Crippen LogP) is 2.48. The summed E-state index contributed by atoms with van der Waals surface area (Å²) in [5.41, 5.74) is 2.65. The molecule has 1 aromatic heterocycles. The molecule has 0 spiro atoms. The highest BCUT2D eigenvalue weighted by Gasteiger charge is 2.34. The number of carbonyl (C=O) groups is 1. The van der Waals surface area contributed by atoms with E-state index in [2.05, 4.69) is 63.8 Å². The summed E-state index contributed by atoms with van der Waals surface area (Å²) in [5, 5.41) is 10.6. The minimum Gasteiger partial charge on any atom is -0.481 e. The fourth-order valence-electron chi connectivity index (χ4n) is 5.21. The third kappa shape index (κ3) is 4.65. The lowest BCUT2D eigenvalue weighted by atomic mass is 9.86. The van der Waals surface area contributed by atoms with Gasteiger partial charge in [0.15, 0.2) is 0 Å². The van der Waals surface area contributed by atoms with Gasteiger partial charge in [-0.3, -0.25) is 14.6 Å². The number of aliphatic carboxylic acids is 1. The Bertz CT molecular complexity index is 841. The molecule has 2 aliphatic heterocycles. The summed E-state index contributed by atoms with van der Waals surface area (Å²) in [6.07, 6.45) is 4.32. The first-order valence-corrected chi connectivity index (χ1v) is 10.9. The Labute approximate surface area is 173 Å². The van der Waals surface area contributed by atoms with E-state index in [-0.39, 0.29) is 6.42 Å². The number of aryl methyl sites for hydroxylation is 1. The van der Waals surface area contributed by atoms with Gasteiger partial charge in [0.1, 0.15) is 0 Å². The van der Waals surface area contributed by atoms with Crippen molar-refractivity contribution in [3.8, 4) is 0 Å². The molecule has 0 aliphatic carbocycles. The molecule has 3 heterocycles. The standard InChI is InChI=1S/C23H34N4O2/c1-24-12-14-27(15-13-24)21-9-11-26(17-19(21)6-7-23(28)29)16-18-4-3-5-22-20(18)8-10-25(22)2/h3-5,8,10,19,21H,6-7,9,11-17H2,1-2H3,(H,28,29)/t19-,21+/m1/s1. The average molecular weight is 399 g/mol. The summed E-state index contributed by atoms with van der Waals surface area (Å²) >= 11 is 0. The minimum absolute atomic E-state index is 0.275. The molecule has 0 amide bonds. The maximum Gasteiger partial charge on any atom is 0.303 e. The summed E-state index contributed by atoms with van der Waals surface area (Å²) in [7, 11) is 4.28. The van der Waals surface area contributed by atoms with E-state index in [1.807, 2.05) is 0 Å². The Morgan fingerprint density at radius 2 is 1.90 bits per heavy atom. The van der Waals surface area contributed by atoms with Gasteiger partial charge in [-0.2, -0.15) is 0 Å². The average Bonchev–Trinajstić information content (AvgIpc) is 3.09. The van der Waals surface area contributed by atoms with Gasteiger partial charge in [-0.25, -0.2) is 0 Å². The molecule has 1 N–H and O–H groups in total. The number of nitrogens with zero attached hydrogens (tertiary/aromatic N) is 4. The SMILES string of the molecule is CN1CCN([C@H]2CCN(Cc3cccc4c3ccn4C)C[C@H]2CCC(=O)O)CC1. The van der Waals surface area contributed by atoms with Crippen molar-refractivity contribution in [3.63, 3.8) is 0 Å². The molecule has 4 rings (SSSR count). The van der Waals surface area contributed by atoms with E-state index < -0.39 is 5.97 Å². The number of fused-ring (bicyclic) bond motifs is 1. The van der Waals surface area contributed by atoms with Gasteiger partial charge in [0.05, 0.1) is 0 Å². The first-order valence-electron chi connectivity index (χ1n) is 10.9. The topological polar surface area (TPSA) is 52.0 Å². The van der Waals surface area contributed by atoms with Crippen LogP contribution in [0.15, 0.2) is 30.5 Å². The number of hydrogen-bond acceptors (Lipinski definition) is 4. The molecule has 0 saturated carbocycles. The zero-order valence-electron chi connectivity index (χ0n) is 17.8. The van der Waals surface area contributed by atoms with Crippen LogP contribution in [0.5, 0.6) is 0 Å². The molecule has 0 unspecified atom stereocenters. The zero-order valence-corrected chi connectivity index (χ0v) is 17.8. The zero-order chi connectivity index (χ0) is 20.4. The highest BCUT2D eigenvalue weighted by molar-refractivity contribution is 5.83. The molecule has 2 atom stereocenters. The summed E-state index contributed by atoms with van der Waals surface area (Å²) in [6, 6.07) is 9.29. The largest absolute Gasteiger partial charge is 0.481 e. The number of likely N-dealkylation sites (N-methyl/N-ethyl adjacent to an activating group) is 1. The molecule has 6 heteroatoms. The Hall–Kier alpha value is -1.89. The second-order valence-corrected chi connectivity index (χ2v) is 8.90. The third-order valence-corrected chi connectivity index (χ3v) is 6.93. The lowest BCUT2D eigenvalue weighted by molar-refractivity contribution is -0.137. The van der Waals surface area contributed by atoms with Crippen LogP contribution >= 0.6 is 0 Å². The smallest absolute Gasteiger partial charge is 0.303 e. The van der Waals surface area contributed by atoms with E-state index in [4.69, 9.17) is 0 Å². The fourth-order valence-corrected chi connectivity index (χ4v) is 5.21. The van der Waals surface area contributed by atoms with E-state index >= 15 is 0 Å². The number of aromatic nitrogens is 1. The molecule has 2 aliphatic rings. The van der Waals surface area contributed by atoms with Crippen LogP contribution in [0.25, 0.3) is 10.9 Å². The summed E-state index contributed by atoms with van der Waals surface area (Å²) in [5.74, 6) is -0.244. The van der Waals surface area contributed by atoms with Crippen molar-refractivity contribution in [2.45, 2.75) is 31.8 Å². The molecule has 2 fully saturated rings. The van der Waals surface area contributed by atoms with E-state index in [1.165, 1.54) is 16.5 Å². The van der Waals surface area contributed by atoms with Crippen LogP contribution in [0.1, 0.15) is 24.8 Å². The molecule has 0 radical (unpaired) electrons. The van der Waals surface area contributed by atoms with Crippen molar-refractivity contribution in [2.24, 2.45) is 13.0 Å². The Morgan fingerprint density at radius 1 is 1.10 bits per heavy atom. The van der Waals surface area contributed by atoms with Crippen LogP contribution < -0.4 is 0 Å². The van der Waals surface area contributed by atoms with Crippen LogP contribution in [0.3, 0.4) is 0 Å². The number of piperidine rings is 1. The molecular formula is C23H34N4O2. The number of carboxylic acids is 1. The number of likely N-dealkylation sites (tertiary alicyclic amines) is 1. The van der Waals surface area contributed by atoms with Gasteiger partial charge in [0, 0.05) is 75.9 Å². The molecule has 2 saturated heterocycles. The second kappa shape index (κ2) is 8.86. The van der Waals surface area contributed by atoms with Crippen molar-refractivity contribution in [2.75, 3.05) is 46.3 Å². The Kier molecular flexibility index (Phi) is 6.23. The number of hydrogen-bond donors (Lipinski definition) is 1. The molecule has 1 aromatic carbocycles. The fraction of sp³-hybridized carbons (Fsp3) is 0.609. The van der Waals surface area contributed by atoms with Crippen LogP contribution in [0.4, 0.5) is 0 Å². The highest BCUT2D eigenvalue weighted by Crippen LogP contribution is 2.29. The van der Waals surface area contributed by atoms with Crippen LogP contribution in [-0.4, -0.2) is 82.7 Å². The lowest BCUT2D eigenvalue weighted by Crippen LogP contribution is -2.56. The molecule has 158 valence electrons. The van der Waals surface area contributed by atoms with Crippen molar-refractivity contribution < 1.29 is 9.90 Å². The van der Waals surface area contributed by atoms with Gasteiger partial charge in [0.2, 0.25) is 0 Å². The van der Waals surface area contributed by atoms with Gasteiger partial charge in [-0.15, -0.1) is 0 Å². The van der Waals surface area contributed by atoms with Gasteiger partial charge >= 0.3 is 5.97 Å². The number of piperazine rings is 1. The first kappa shape index (κ1) is 20.4. The normalized spacial score (nSPS) is 24.9. The van der Waals surface area contributed by atoms with Gasteiger partial charge in [0.25, 0.3) is 0 Å². The second-order valence-electron chi connectivity index (χ2n) is 8.90. The maximum absolute atomic E-state index is 11.3. The lowest BCUT2D eigenvalue weighted by Gasteiger charge is -2.46. The quantitative estimate of drug-likeness (QED) is 0.810. The number of carboxylic acid groups (broad SMARTS) is 1. The monoisotopic (exact) mass is 398 g/mol. The summed E-state index contributed by atoms with van der Waals surface area (Å²) < 4.78 is 2.17. The van der Waals surface area contributed by atoms with Gasteiger partial charge in [-0.05, 0) is 50.0 Å². The summed E-state index contributed by atoms with van der Waals surface area (Å²) in [4.78, 5) is 18.8. The van der Waals surface area contributed by atoms with Crippen molar-refractivity contribution in [3.05, 3.63) is 36.0 Å². The van der Waals surface area contributed by atoms with E-state index in [0.29, 0.717) is 12.0 Å². The van der Waals surface area contributed by atoms with Crippen LogP contribution in [0, 0.1) is 5.92 Å². The molecule has 6 nitrogen and oxygen atoms in total.